The minimum atomic E-state index is -1.04. The minimum Gasteiger partial charge on any atom is -0.319 e. The van der Waals surface area contributed by atoms with Crippen molar-refractivity contribution in [1.29, 1.82) is 0 Å². The van der Waals surface area contributed by atoms with Crippen molar-refractivity contribution in [2.75, 3.05) is 0 Å². The van der Waals surface area contributed by atoms with Gasteiger partial charge in [-0.3, -0.25) is 9.69 Å². The van der Waals surface area contributed by atoms with Gasteiger partial charge in [-0.1, -0.05) is 36.4 Å². The van der Waals surface area contributed by atoms with Gasteiger partial charge in [-0.2, -0.15) is 0 Å². The van der Waals surface area contributed by atoms with Crippen LogP contribution in [0.2, 0.25) is 0 Å². The first-order valence-corrected chi connectivity index (χ1v) is 7.70. The van der Waals surface area contributed by atoms with Crippen molar-refractivity contribution in [3.63, 3.8) is 0 Å². The van der Waals surface area contributed by atoms with Crippen molar-refractivity contribution in [2.24, 2.45) is 0 Å². The van der Waals surface area contributed by atoms with Gasteiger partial charge in [0.2, 0.25) is 0 Å². The van der Waals surface area contributed by atoms with Gasteiger partial charge in [-0.15, -0.1) is 0 Å². The number of imide groups is 1. The van der Waals surface area contributed by atoms with E-state index < -0.39 is 11.6 Å². The Morgan fingerprint density at radius 2 is 1.83 bits per heavy atom. The van der Waals surface area contributed by atoms with E-state index in [9.17, 15) is 9.59 Å². The molecule has 4 rings (SSSR count). The molecule has 0 saturated carbocycles. The Labute approximate surface area is 138 Å². The number of urea groups is 1. The number of imidazole rings is 1. The van der Waals surface area contributed by atoms with Crippen LogP contribution in [0.5, 0.6) is 0 Å². The predicted octanol–water partition coefficient (Wildman–Crippen LogP) is 2.30. The molecule has 1 aliphatic heterocycles. The highest BCUT2D eigenvalue weighted by Crippen LogP contribution is 2.29. The number of amides is 3. The van der Waals surface area contributed by atoms with E-state index in [1.165, 1.54) is 4.90 Å². The molecular weight excluding hydrogens is 304 g/mol. The molecule has 0 bridgehead atoms. The molecule has 0 aliphatic carbocycles. The Balaban J connectivity index is 1.64. The van der Waals surface area contributed by atoms with Crippen LogP contribution in [-0.4, -0.2) is 26.2 Å². The molecule has 1 fully saturated rings. The molecule has 3 aromatic rings. The Morgan fingerprint density at radius 3 is 2.58 bits per heavy atom. The minimum absolute atomic E-state index is 0.148. The van der Waals surface area contributed by atoms with E-state index in [0.29, 0.717) is 5.69 Å². The normalized spacial score (nSPS) is 20.6. The zero-order valence-electron chi connectivity index (χ0n) is 13.1. The molecule has 6 heteroatoms. The first-order valence-electron chi connectivity index (χ1n) is 7.70. The number of fused-ring (bicyclic) bond motifs is 1. The fourth-order valence-corrected chi connectivity index (χ4v) is 3.03. The number of nitrogens with zero attached hydrogens (tertiary/aromatic N) is 3. The molecule has 1 aromatic carbocycles. The van der Waals surface area contributed by atoms with Crippen molar-refractivity contribution in [3.05, 3.63) is 72.2 Å². The molecular formula is C18H16N4O2. The summed E-state index contributed by atoms with van der Waals surface area (Å²) < 4.78 is 1.87. The van der Waals surface area contributed by atoms with Crippen LogP contribution in [0, 0.1) is 0 Å². The second-order valence-corrected chi connectivity index (χ2v) is 6.01. The number of pyridine rings is 1. The molecule has 6 nitrogen and oxygen atoms in total. The Hall–Kier alpha value is -3.15. The maximum atomic E-state index is 12.9. The van der Waals surface area contributed by atoms with Crippen LogP contribution in [0.4, 0.5) is 4.79 Å². The van der Waals surface area contributed by atoms with Crippen molar-refractivity contribution in [1.82, 2.24) is 19.6 Å². The molecule has 1 atom stereocenters. The zero-order valence-corrected chi connectivity index (χ0v) is 13.1. The van der Waals surface area contributed by atoms with Crippen LogP contribution >= 0.6 is 0 Å². The van der Waals surface area contributed by atoms with Gasteiger partial charge in [-0.25, -0.2) is 9.78 Å². The first-order chi connectivity index (χ1) is 11.6. The summed E-state index contributed by atoms with van der Waals surface area (Å²) in [6.45, 7) is 1.88. The standard InChI is InChI=1S/C18H16N4O2/c1-18(13-7-3-2-4-8-13)16(23)22(17(24)20-18)12-14-11-21-10-6-5-9-15(21)19-14/h2-11H,12H2,1H3,(H,20,24). The lowest BCUT2D eigenvalue weighted by molar-refractivity contribution is -0.131. The summed E-state index contributed by atoms with van der Waals surface area (Å²) >= 11 is 0. The van der Waals surface area contributed by atoms with Gasteiger partial charge < -0.3 is 9.72 Å². The third kappa shape index (κ3) is 2.15. The Bertz CT molecular complexity index is 901. The summed E-state index contributed by atoms with van der Waals surface area (Å²) in [5.41, 5.74) is 1.17. The molecule has 120 valence electrons. The van der Waals surface area contributed by atoms with Gasteiger partial charge in [0.15, 0.2) is 0 Å². The average molecular weight is 320 g/mol. The molecule has 1 aliphatic rings. The number of carbonyl (C=O) groups is 2. The number of rotatable bonds is 3. The summed E-state index contributed by atoms with van der Waals surface area (Å²) in [6.07, 6.45) is 3.71. The van der Waals surface area contributed by atoms with Crippen LogP contribution in [0.15, 0.2) is 60.9 Å². The van der Waals surface area contributed by atoms with E-state index in [0.717, 1.165) is 11.2 Å². The fraction of sp³-hybridized carbons (Fsp3) is 0.167. The second kappa shape index (κ2) is 5.19. The summed E-state index contributed by atoms with van der Waals surface area (Å²) in [5, 5.41) is 2.80. The van der Waals surface area contributed by atoms with Crippen LogP contribution < -0.4 is 5.32 Å². The predicted molar refractivity (Wildman–Crippen MR) is 88.1 cm³/mol. The smallest absolute Gasteiger partial charge is 0.319 e. The zero-order chi connectivity index (χ0) is 16.7. The second-order valence-electron chi connectivity index (χ2n) is 6.01. The molecule has 1 unspecified atom stereocenters. The number of hydrogen-bond acceptors (Lipinski definition) is 3. The lowest BCUT2D eigenvalue weighted by Gasteiger charge is -2.21. The third-order valence-corrected chi connectivity index (χ3v) is 4.36. The van der Waals surface area contributed by atoms with Crippen LogP contribution in [0.1, 0.15) is 18.2 Å². The first kappa shape index (κ1) is 14.4. The highest BCUT2D eigenvalue weighted by Gasteiger charge is 2.48. The quantitative estimate of drug-likeness (QED) is 0.753. The molecule has 3 amide bonds. The van der Waals surface area contributed by atoms with E-state index in [-0.39, 0.29) is 12.5 Å². The monoisotopic (exact) mass is 320 g/mol. The number of nitrogens with one attached hydrogen (secondary N) is 1. The van der Waals surface area contributed by atoms with Gasteiger partial charge >= 0.3 is 6.03 Å². The molecule has 24 heavy (non-hydrogen) atoms. The van der Waals surface area contributed by atoms with E-state index in [1.807, 2.05) is 65.3 Å². The van der Waals surface area contributed by atoms with Crippen molar-refractivity contribution in [3.8, 4) is 0 Å². The van der Waals surface area contributed by atoms with Crippen LogP contribution in [0.25, 0.3) is 5.65 Å². The van der Waals surface area contributed by atoms with Crippen LogP contribution in [0.3, 0.4) is 0 Å². The molecule has 1 saturated heterocycles. The van der Waals surface area contributed by atoms with Crippen molar-refractivity contribution < 1.29 is 9.59 Å². The Kier molecular flexibility index (Phi) is 3.13. The summed E-state index contributed by atoms with van der Waals surface area (Å²) in [5.74, 6) is -0.268. The summed E-state index contributed by atoms with van der Waals surface area (Å²) in [6, 6.07) is 14.5. The Morgan fingerprint density at radius 1 is 1.08 bits per heavy atom. The lowest BCUT2D eigenvalue weighted by Crippen LogP contribution is -2.40. The van der Waals surface area contributed by atoms with Crippen molar-refractivity contribution >= 4 is 17.6 Å². The van der Waals surface area contributed by atoms with Crippen LogP contribution in [-0.2, 0) is 16.9 Å². The van der Waals surface area contributed by atoms with Crippen molar-refractivity contribution in [2.45, 2.75) is 19.0 Å². The molecule has 0 radical (unpaired) electrons. The van der Waals surface area contributed by atoms with Gasteiger partial charge in [-0.05, 0) is 24.6 Å². The SMILES string of the molecule is CC1(c2ccccc2)NC(=O)N(Cc2cn3ccccc3n2)C1=O. The number of benzene rings is 1. The fourth-order valence-electron chi connectivity index (χ4n) is 3.03. The largest absolute Gasteiger partial charge is 0.325 e. The summed E-state index contributed by atoms with van der Waals surface area (Å²) in [7, 11) is 0. The van der Waals surface area contributed by atoms with Gasteiger partial charge in [0.05, 0.1) is 12.2 Å². The summed E-state index contributed by atoms with van der Waals surface area (Å²) in [4.78, 5) is 30.9. The maximum absolute atomic E-state index is 12.9. The molecule has 1 N–H and O–H groups in total. The van der Waals surface area contributed by atoms with E-state index in [1.54, 1.807) is 6.92 Å². The number of hydrogen-bond donors (Lipinski definition) is 1. The van der Waals surface area contributed by atoms with Gasteiger partial charge in [0.25, 0.3) is 5.91 Å². The highest BCUT2D eigenvalue weighted by atomic mass is 16.2. The van der Waals surface area contributed by atoms with E-state index in [2.05, 4.69) is 10.3 Å². The topological polar surface area (TPSA) is 66.7 Å². The number of carbonyl (C=O) groups excluding carboxylic acids is 2. The molecule has 0 spiro atoms. The third-order valence-electron chi connectivity index (χ3n) is 4.36. The van der Waals surface area contributed by atoms with E-state index in [4.69, 9.17) is 0 Å². The van der Waals surface area contributed by atoms with Gasteiger partial charge in [0.1, 0.15) is 11.2 Å². The highest BCUT2D eigenvalue weighted by molar-refractivity contribution is 6.07. The lowest BCUT2D eigenvalue weighted by atomic mass is 9.92. The van der Waals surface area contributed by atoms with E-state index >= 15 is 0 Å². The number of aromatic nitrogens is 2. The maximum Gasteiger partial charge on any atom is 0.325 e. The molecule has 3 heterocycles. The average Bonchev–Trinajstić information content (AvgIpc) is 3.10. The van der Waals surface area contributed by atoms with Gasteiger partial charge in [0, 0.05) is 12.4 Å². The molecule has 2 aromatic heterocycles.